The maximum atomic E-state index is 13.3. The van der Waals surface area contributed by atoms with E-state index in [1.165, 1.54) is 0 Å². The van der Waals surface area contributed by atoms with Crippen LogP contribution < -0.4 is 0 Å². The molecule has 0 heterocycles. The van der Waals surface area contributed by atoms with Gasteiger partial charge in [-0.3, -0.25) is 0 Å². The Kier molecular flexibility index (Phi) is 5.64. The number of hydrogen-bond donors (Lipinski definition) is 0. The van der Waals surface area contributed by atoms with E-state index in [1.807, 2.05) is 36.4 Å². The van der Waals surface area contributed by atoms with Crippen molar-refractivity contribution in [3.05, 3.63) is 59.7 Å². The number of benzene rings is 2. The predicted octanol–water partition coefficient (Wildman–Crippen LogP) is 5.55. The van der Waals surface area contributed by atoms with Gasteiger partial charge in [-0.15, -0.1) is 0 Å². The zero-order chi connectivity index (χ0) is 17.0. The maximum Gasteiger partial charge on any atom is 0.207 e. The first kappa shape index (κ1) is 17.7. The van der Waals surface area contributed by atoms with E-state index in [2.05, 4.69) is 27.7 Å². The van der Waals surface area contributed by atoms with Gasteiger partial charge in [-0.1, -0.05) is 64.1 Å². The summed E-state index contributed by atoms with van der Waals surface area (Å²) in [5, 5.41) is 0. The zero-order valence-electron chi connectivity index (χ0n) is 14.4. The fourth-order valence-corrected chi connectivity index (χ4v) is 4.73. The summed E-state index contributed by atoms with van der Waals surface area (Å²) in [6.07, 6.45) is 1.83. The van der Waals surface area contributed by atoms with Crippen molar-refractivity contribution in [3.63, 3.8) is 0 Å². The SMILES string of the molecule is CCC(C)c1ccccc1S(=O)(=O)c1ccccc1C(C)CC. The fraction of sp³-hybridized carbons (Fsp3) is 0.400. The van der Waals surface area contributed by atoms with Crippen LogP contribution in [0.4, 0.5) is 0 Å². The second-order valence-corrected chi connectivity index (χ2v) is 8.08. The highest BCUT2D eigenvalue weighted by Gasteiger charge is 2.26. The van der Waals surface area contributed by atoms with Crippen LogP contribution in [0.5, 0.6) is 0 Å². The van der Waals surface area contributed by atoms with E-state index in [9.17, 15) is 8.42 Å². The number of rotatable bonds is 6. The average molecular weight is 330 g/mol. The van der Waals surface area contributed by atoms with Crippen LogP contribution >= 0.6 is 0 Å². The van der Waals surface area contributed by atoms with E-state index in [1.54, 1.807) is 12.1 Å². The molecule has 0 radical (unpaired) electrons. The standard InChI is InChI=1S/C20H26O2S/c1-5-15(3)17-11-7-9-13-19(17)23(21,22)20-14-10-8-12-18(20)16(4)6-2/h7-16H,5-6H2,1-4H3. The Bertz CT molecular complexity index is 703. The Labute approximate surface area is 140 Å². The molecule has 0 fully saturated rings. The van der Waals surface area contributed by atoms with Crippen molar-refractivity contribution in [3.8, 4) is 0 Å². The molecule has 23 heavy (non-hydrogen) atoms. The summed E-state index contributed by atoms with van der Waals surface area (Å²) in [6, 6.07) is 14.8. The van der Waals surface area contributed by atoms with Crippen molar-refractivity contribution >= 4 is 9.84 Å². The van der Waals surface area contributed by atoms with Gasteiger partial charge >= 0.3 is 0 Å². The van der Waals surface area contributed by atoms with E-state index in [4.69, 9.17) is 0 Å². The van der Waals surface area contributed by atoms with Crippen molar-refractivity contribution < 1.29 is 8.42 Å². The number of sulfone groups is 1. The molecule has 0 bridgehead atoms. The zero-order valence-corrected chi connectivity index (χ0v) is 15.2. The smallest absolute Gasteiger partial charge is 0.207 e. The van der Waals surface area contributed by atoms with Gasteiger partial charge < -0.3 is 0 Å². The van der Waals surface area contributed by atoms with Gasteiger partial charge in [-0.05, 0) is 47.9 Å². The van der Waals surface area contributed by atoms with Gasteiger partial charge in [0.05, 0.1) is 9.79 Å². The molecule has 0 spiro atoms. The van der Waals surface area contributed by atoms with Crippen molar-refractivity contribution in [1.29, 1.82) is 0 Å². The van der Waals surface area contributed by atoms with Crippen molar-refractivity contribution in [2.24, 2.45) is 0 Å². The number of hydrogen-bond acceptors (Lipinski definition) is 2. The van der Waals surface area contributed by atoms with Gasteiger partial charge in [0, 0.05) is 0 Å². The lowest BCUT2D eigenvalue weighted by Gasteiger charge is -2.19. The van der Waals surface area contributed by atoms with Gasteiger partial charge in [0.25, 0.3) is 0 Å². The van der Waals surface area contributed by atoms with Crippen LogP contribution in [-0.4, -0.2) is 8.42 Å². The van der Waals surface area contributed by atoms with E-state index in [0.29, 0.717) is 9.79 Å². The molecule has 0 aliphatic heterocycles. The maximum absolute atomic E-state index is 13.3. The average Bonchev–Trinajstić information content (AvgIpc) is 2.60. The molecular weight excluding hydrogens is 304 g/mol. The third-order valence-corrected chi connectivity index (χ3v) is 6.61. The minimum atomic E-state index is -3.51. The van der Waals surface area contributed by atoms with Crippen LogP contribution in [0.15, 0.2) is 58.3 Å². The molecule has 2 aromatic carbocycles. The Morgan fingerprint density at radius 1 is 0.739 bits per heavy atom. The topological polar surface area (TPSA) is 34.1 Å². The molecule has 0 aliphatic rings. The van der Waals surface area contributed by atoms with Gasteiger partial charge in [-0.25, -0.2) is 8.42 Å². The van der Waals surface area contributed by atoms with Crippen molar-refractivity contribution in [2.45, 2.75) is 62.2 Å². The van der Waals surface area contributed by atoms with Crippen molar-refractivity contribution in [2.75, 3.05) is 0 Å². The molecular formula is C20H26O2S. The Morgan fingerprint density at radius 2 is 1.09 bits per heavy atom. The minimum absolute atomic E-state index is 0.219. The largest absolute Gasteiger partial charge is 0.218 e. The van der Waals surface area contributed by atoms with Crippen molar-refractivity contribution in [1.82, 2.24) is 0 Å². The molecule has 0 N–H and O–H groups in total. The molecule has 0 aromatic heterocycles. The molecule has 2 aromatic rings. The van der Waals surface area contributed by atoms with Gasteiger partial charge in [0.2, 0.25) is 9.84 Å². The van der Waals surface area contributed by atoms with Crippen LogP contribution in [0.2, 0.25) is 0 Å². The van der Waals surface area contributed by atoms with Crippen LogP contribution in [0.3, 0.4) is 0 Å². The monoisotopic (exact) mass is 330 g/mol. The van der Waals surface area contributed by atoms with Gasteiger partial charge in [0.1, 0.15) is 0 Å². The normalized spacial score (nSPS) is 14.4. The summed E-state index contributed by atoms with van der Waals surface area (Å²) >= 11 is 0. The third kappa shape index (κ3) is 3.50. The van der Waals surface area contributed by atoms with E-state index < -0.39 is 9.84 Å². The second kappa shape index (κ2) is 7.31. The summed E-state index contributed by atoms with van der Waals surface area (Å²) in [5.74, 6) is 0.438. The summed E-state index contributed by atoms with van der Waals surface area (Å²) < 4.78 is 26.6. The van der Waals surface area contributed by atoms with Gasteiger partial charge in [-0.2, -0.15) is 0 Å². The highest BCUT2D eigenvalue weighted by Crippen LogP contribution is 2.34. The molecule has 2 atom stereocenters. The Morgan fingerprint density at radius 3 is 1.43 bits per heavy atom. The first-order valence-corrected chi connectivity index (χ1v) is 9.84. The van der Waals surface area contributed by atoms with Crippen LogP contribution in [0.1, 0.15) is 63.5 Å². The first-order valence-electron chi connectivity index (χ1n) is 8.36. The summed E-state index contributed by atoms with van der Waals surface area (Å²) in [5.41, 5.74) is 1.82. The van der Waals surface area contributed by atoms with Crippen LogP contribution in [0.25, 0.3) is 0 Å². The predicted molar refractivity (Wildman–Crippen MR) is 95.7 cm³/mol. The lowest BCUT2D eigenvalue weighted by atomic mass is 9.99. The third-order valence-electron chi connectivity index (χ3n) is 4.70. The lowest BCUT2D eigenvalue weighted by molar-refractivity contribution is 0.588. The highest BCUT2D eigenvalue weighted by molar-refractivity contribution is 7.91. The lowest BCUT2D eigenvalue weighted by Crippen LogP contribution is -2.11. The molecule has 2 nitrogen and oxygen atoms in total. The van der Waals surface area contributed by atoms with Crippen LogP contribution in [-0.2, 0) is 9.84 Å². The quantitative estimate of drug-likeness (QED) is 0.696. The highest BCUT2D eigenvalue weighted by atomic mass is 32.2. The summed E-state index contributed by atoms with van der Waals surface area (Å²) in [4.78, 5) is 0.898. The van der Waals surface area contributed by atoms with Crippen LogP contribution in [0, 0.1) is 0 Å². The fourth-order valence-electron chi connectivity index (χ4n) is 2.82. The van der Waals surface area contributed by atoms with E-state index in [-0.39, 0.29) is 11.8 Å². The van der Waals surface area contributed by atoms with E-state index >= 15 is 0 Å². The Balaban J connectivity index is 2.66. The molecule has 0 saturated heterocycles. The molecule has 2 unspecified atom stereocenters. The molecule has 3 heteroatoms. The summed E-state index contributed by atoms with van der Waals surface area (Å²) in [6.45, 7) is 8.33. The van der Waals surface area contributed by atoms with E-state index in [0.717, 1.165) is 24.0 Å². The molecule has 0 aliphatic carbocycles. The summed E-state index contributed by atoms with van der Waals surface area (Å²) in [7, 11) is -3.51. The molecule has 0 amide bonds. The van der Waals surface area contributed by atoms with Gasteiger partial charge in [0.15, 0.2) is 0 Å². The molecule has 124 valence electrons. The molecule has 0 saturated carbocycles. The first-order chi connectivity index (χ1) is 10.9. The minimum Gasteiger partial charge on any atom is -0.218 e. The second-order valence-electron chi connectivity index (χ2n) is 6.20. The molecule has 2 rings (SSSR count). The Hall–Kier alpha value is -1.61.